The Kier molecular flexibility index (Phi) is 2.51. The first-order chi connectivity index (χ1) is 9.49. The highest BCUT2D eigenvalue weighted by Gasteiger charge is 2.23. The number of nitrogens with one attached hydrogen (secondary N) is 3. The van der Waals surface area contributed by atoms with E-state index in [-0.39, 0.29) is 5.69 Å². The molecular formula is C14H13N5O. The molecule has 6 nitrogen and oxygen atoms in total. The summed E-state index contributed by atoms with van der Waals surface area (Å²) < 4.78 is 0. The third-order valence-corrected chi connectivity index (χ3v) is 3.27. The SMILES string of the molecule is CC(C)(C#N)c1ncc(-c2ccc3[nH]c(=O)[nH]c3c2)[nH]1. The smallest absolute Gasteiger partial charge is 0.323 e. The Bertz CT molecular complexity index is 875. The third kappa shape index (κ3) is 1.89. The van der Waals surface area contributed by atoms with Crippen LogP contribution < -0.4 is 5.69 Å². The maximum absolute atomic E-state index is 11.2. The Morgan fingerprint density at radius 2 is 1.95 bits per heavy atom. The first-order valence-corrected chi connectivity index (χ1v) is 6.19. The zero-order valence-corrected chi connectivity index (χ0v) is 11.1. The van der Waals surface area contributed by atoms with Crippen LogP contribution in [0.3, 0.4) is 0 Å². The van der Waals surface area contributed by atoms with Crippen LogP contribution in [0.2, 0.25) is 0 Å². The fourth-order valence-electron chi connectivity index (χ4n) is 2.04. The minimum atomic E-state index is -0.662. The molecule has 3 N–H and O–H groups in total. The van der Waals surface area contributed by atoms with Crippen molar-refractivity contribution in [1.82, 2.24) is 19.9 Å². The van der Waals surface area contributed by atoms with Crippen LogP contribution in [0.15, 0.2) is 29.2 Å². The topological polar surface area (TPSA) is 101 Å². The van der Waals surface area contributed by atoms with Gasteiger partial charge in [0.25, 0.3) is 0 Å². The van der Waals surface area contributed by atoms with Crippen molar-refractivity contribution in [3.63, 3.8) is 0 Å². The summed E-state index contributed by atoms with van der Waals surface area (Å²) >= 11 is 0. The van der Waals surface area contributed by atoms with Crippen LogP contribution in [0.4, 0.5) is 0 Å². The van der Waals surface area contributed by atoms with Gasteiger partial charge in [0, 0.05) is 5.56 Å². The van der Waals surface area contributed by atoms with Crippen molar-refractivity contribution < 1.29 is 0 Å². The zero-order chi connectivity index (χ0) is 14.3. The molecule has 20 heavy (non-hydrogen) atoms. The van der Waals surface area contributed by atoms with Gasteiger partial charge >= 0.3 is 5.69 Å². The highest BCUT2D eigenvalue weighted by atomic mass is 16.1. The molecule has 3 aromatic rings. The number of nitrogens with zero attached hydrogens (tertiary/aromatic N) is 2. The minimum absolute atomic E-state index is 0.229. The monoisotopic (exact) mass is 267 g/mol. The molecule has 0 aliphatic carbocycles. The molecule has 2 heterocycles. The van der Waals surface area contributed by atoms with Crippen molar-refractivity contribution in [3.05, 3.63) is 40.7 Å². The van der Waals surface area contributed by atoms with E-state index in [1.165, 1.54) is 0 Å². The van der Waals surface area contributed by atoms with E-state index in [9.17, 15) is 4.79 Å². The molecule has 0 amide bonds. The van der Waals surface area contributed by atoms with Crippen molar-refractivity contribution in [2.75, 3.05) is 0 Å². The largest absolute Gasteiger partial charge is 0.341 e. The summed E-state index contributed by atoms with van der Waals surface area (Å²) in [6.07, 6.45) is 1.69. The van der Waals surface area contributed by atoms with E-state index in [4.69, 9.17) is 5.26 Å². The van der Waals surface area contributed by atoms with E-state index in [0.717, 1.165) is 22.3 Å². The standard InChI is InChI=1S/C14H13N5O/c1-14(2,7-15)12-16-6-11(17-12)8-3-4-9-10(5-8)19-13(20)18-9/h3-6H,1-2H3,(H,16,17)(H2,18,19,20). The summed E-state index contributed by atoms with van der Waals surface area (Å²) in [4.78, 5) is 24.1. The minimum Gasteiger partial charge on any atom is -0.341 e. The first kappa shape index (κ1) is 12.2. The fourth-order valence-corrected chi connectivity index (χ4v) is 2.04. The Hall–Kier alpha value is -2.81. The van der Waals surface area contributed by atoms with Gasteiger partial charge in [-0.25, -0.2) is 9.78 Å². The van der Waals surface area contributed by atoms with Crippen molar-refractivity contribution in [1.29, 1.82) is 5.26 Å². The normalized spacial score (nSPS) is 11.7. The number of benzene rings is 1. The molecular weight excluding hydrogens is 254 g/mol. The molecule has 3 rings (SSSR count). The molecule has 0 radical (unpaired) electrons. The van der Waals surface area contributed by atoms with Gasteiger partial charge in [0.05, 0.1) is 29.0 Å². The van der Waals surface area contributed by atoms with Crippen LogP contribution in [0, 0.1) is 11.3 Å². The number of H-pyrrole nitrogens is 3. The summed E-state index contributed by atoms with van der Waals surface area (Å²) in [6.45, 7) is 3.62. The van der Waals surface area contributed by atoms with Gasteiger partial charge in [0.2, 0.25) is 0 Å². The molecule has 0 saturated carbocycles. The van der Waals surface area contributed by atoms with Gasteiger partial charge < -0.3 is 15.0 Å². The van der Waals surface area contributed by atoms with Crippen molar-refractivity contribution >= 4 is 11.0 Å². The number of hydrogen-bond donors (Lipinski definition) is 3. The molecule has 0 spiro atoms. The highest BCUT2D eigenvalue weighted by Crippen LogP contribution is 2.25. The Morgan fingerprint density at radius 1 is 1.20 bits per heavy atom. The van der Waals surface area contributed by atoms with Crippen LogP contribution in [0.5, 0.6) is 0 Å². The van der Waals surface area contributed by atoms with Crippen molar-refractivity contribution in [2.45, 2.75) is 19.3 Å². The molecule has 0 atom stereocenters. The first-order valence-electron chi connectivity index (χ1n) is 6.19. The number of aromatic amines is 3. The van der Waals surface area contributed by atoms with Crippen molar-refractivity contribution in [3.8, 4) is 17.3 Å². The second-order valence-corrected chi connectivity index (χ2v) is 5.22. The van der Waals surface area contributed by atoms with Gasteiger partial charge in [0.15, 0.2) is 0 Å². The van der Waals surface area contributed by atoms with E-state index in [2.05, 4.69) is 26.0 Å². The molecule has 0 fully saturated rings. The number of rotatable bonds is 2. The van der Waals surface area contributed by atoms with E-state index in [1.807, 2.05) is 32.0 Å². The number of hydrogen-bond acceptors (Lipinski definition) is 3. The second-order valence-electron chi connectivity index (χ2n) is 5.22. The Balaban J connectivity index is 2.07. The maximum atomic E-state index is 11.2. The van der Waals surface area contributed by atoms with Gasteiger partial charge in [-0.1, -0.05) is 6.07 Å². The summed E-state index contributed by atoms with van der Waals surface area (Å²) in [5, 5.41) is 9.12. The molecule has 2 aromatic heterocycles. The van der Waals surface area contributed by atoms with Crippen LogP contribution in [0.25, 0.3) is 22.3 Å². The van der Waals surface area contributed by atoms with Gasteiger partial charge in [-0.2, -0.15) is 5.26 Å². The molecule has 100 valence electrons. The molecule has 0 bridgehead atoms. The zero-order valence-electron chi connectivity index (χ0n) is 11.1. The van der Waals surface area contributed by atoms with Crippen LogP contribution in [-0.2, 0) is 5.41 Å². The number of fused-ring (bicyclic) bond motifs is 1. The third-order valence-electron chi connectivity index (χ3n) is 3.27. The van der Waals surface area contributed by atoms with Crippen LogP contribution in [-0.4, -0.2) is 19.9 Å². The number of nitriles is 1. The van der Waals surface area contributed by atoms with Crippen molar-refractivity contribution in [2.24, 2.45) is 0 Å². The Morgan fingerprint density at radius 3 is 2.70 bits per heavy atom. The molecule has 0 aliphatic heterocycles. The lowest BCUT2D eigenvalue weighted by atomic mass is 9.95. The predicted molar refractivity (Wildman–Crippen MR) is 75.1 cm³/mol. The molecule has 0 saturated heterocycles. The average Bonchev–Trinajstić information content (AvgIpc) is 3.02. The van der Waals surface area contributed by atoms with Crippen LogP contribution in [0.1, 0.15) is 19.7 Å². The van der Waals surface area contributed by atoms with Gasteiger partial charge in [0.1, 0.15) is 11.2 Å². The van der Waals surface area contributed by atoms with Crippen LogP contribution >= 0.6 is 0 Å². The lowest BCUT2D eigenvalue weighted by Gasteiger charge is -2.10. The molecule has 1 aromatic carbocycles. The quantitative estimate of drug-likeness (QED) is 0.662. The fraction of sp³-hybridized carbons (Fsp3) is 0.214. The number of aromatic nitrogens is 4. The Labute approximate surface area is 114 Å². The molecule has 0 unspecified atom stereocenters. The predicted octanol–water partition coefficient (Wildman–Crippen LogP) is 2.05. The van der Waals surface area contributed by atoms with Gasteiger partial charge in [-0.3, -0.25) is 0 Å². The summed E-state index contributed by atoms with van der Waals surface area (Å²) in [5.74, 6) is 0.623. The highest BCUT2D eigenvalue weighted by molar-refractivity contribution is 5.80. The van der Waals surface area contributed by atoms with E-state index < -0.39 is 5.41 Å². The summed E-state index contributed by atoms with van der Waals surface area (Å²) in [6, 6.07) is 7.80. The summed E-state index contributed by atoms with van der Waals surface area (Å²) in [5.41, 5.74) is 2.32. The van der Waals surface area contributed by atoms with E-state index in [0.29, 0.717) is 5.82 Å². The summed E-state index contributed by atoms with van der Waals surface area (Å²) in [7, 11) is 0. The molecule has 0 aliphatic rings. The van der Waals surface area contributed by atoms with E-state index >= 15 is 0 Å². The lowest BCUT2D eigenvalue weighted by molar-refractivity contribution is 0.640. The lowest BCUT2D eigenvalue weighted by Crippen LogP contribution is -2.15. The van der Waals surface area contributed by atoms with Gasteiger partial charge in [-0.15, -0.1) is 0 Å². The maximum Gasteiger partial charge on any atom is 0.323 e. The van der Waals surface area contributed by atoms with E-state index in [1.54, 1.807) is 6.20 Å². The number of imidazole rings is 2. The average molecular weight is 267 g/mol. The second kappa shape index (κ2) is 4.10. The van der Waals surface area contributed by atoms with Gasteiger partial charge in [-0.05, 0) is 26.0 Å². The molecule has 6 heteroatoms.